The standard InChI is InChI=1S/C21H27N5O/c27-21(26-14-12-25(13-15-26)20-16-22-8-9-23-20)17-24-10-6-19(7-11-24)18-4-2-1-3-5-18/h1-5,8-9,16,19H,6-7,10-15,17H2. The van der Waals surface area contributed by atoms with E-state index < -0.39 is 0 Å². The minimum Gasteiger partial charge on any atom is -0.352 e. The van der Waals surface area contributed by atoms with Crippen molar-refractivity contribution in [1.29, 1.82) is 0 Å². The lowest BCUT2D eigenvalue weighted by Gasteiger charge is -2.37. The molecule has 0 aliphatic carbocycles. The van der Waals surface area contributed by atoms with Gasteiger partial charge in [-0.05, 0) is 37.4 Å². The summed E-state index contributed by atoms with van der Waals surface area (Å²) in [6, 6.07) is 10.8. The summed E-state index contributed by atoms with van der Waals surface area (Å²) in [5.74, 6) is 1.78. The quantitative estimate of drug-likeness (QED) is 0.830. The molecule has 1 aromatic carbocycles. The van der Waals surface area contributed by atoms with Gasteiger partial charge in [0.25, 0.3) is 0 Å². The van der Waals surface area contributed by atoms with E-state index in [2.05, 4.69) is 50.1 Å². The predicted octanol–water partition coefficient (Wildman–Crippen LogP) is 2.00. The molecule has 0 saturated carbocycles. The molecule has 6 nitrogen and oxygen atoms in total. The fourth-order valence-corrected chi connectivity index (χ4v) is 4.08. The van der Waals surface area contributed by atoms with Gasteiger partial charge in [0.15, 0.2) is 0 Å². The minimum absolute atomic E-state index is 0.256. The van der Waals surface area contributed by atoms with E-state index in [0.29, 0.717) is 12.5 Å². The molecule has 1 amide bonds. The monoisotopic (exact) mass is 365 g/mol. The maximum Gasteiger partial charge on any atom is 0.236 e. The summed E-state index contributed by atoms with van der Waals surface area (Å²) in [4.78, 5) is 27.7. The third-order valence-corrected chi connectivity index (χ3v) is 5.72. The topological polar surface area (TPSA) is 52.6 Å². The van der Waals surface area contributed by atoms with Gasteiger partial charge in [-0.1, -0.05) is 30.3 Å². The molecule has 0 bridgehead atoms. The number of aromatic nitrogens is 2. The molecule has 2 aliphatic heterocycles. The van der Waals surface area contributed by atoms with Gasteiger partial charge >= 0.3 is 0 Å². The number of hydrogen-bond donors (Lipinski definition) is 0. The summed E-state index contributed by atoms with van der Waals surface area (Å²) < 4.78 is 0. The first-order chi connectivity index (χ1) is 13.3. The first-order valence-corrected chi connectivity index (χ1v) is 9.85. The Labute approximate surface area is 160 Å². The molecule has 0 N–H and O–H groups in total. The van der Waals surface area contributed by atoms with Crippen LogP contribution in [0.15, 0.2) is 48.9 Å². The number of likely N-dealkylation sites (tertiary alicyclic amines) is 1. The van der Waals surface area contributed by atoms with Crippen LogP contribution in [0, 0.1) is 0 Å². The van der Waals surface area contributed by atoms with Crippen molar-refractivity contribution >= 4 is 11.7 Å². The number of anilines is 1. The van der Waals surface area contributed by atoms with Crippen molar-refractivity contribution < 1.29 is 4.79 Å². The molecule has 27 heavy (non-hydrogen) atoms. The number of carbonyl (C=O) groups is 1. The summed E-state index contributed by atoms with van der Waals surface area (Å²) in [5, 5.41) is 0. The molecule has 0 unspecified atom stereocenters. The van der Waals surface area contributed by atoms with Gasteiger partial charge < -0.3 is 9.80 Å². The summed E-state index contributed by atoms with van der Waals surface area (Å²) in [6.07, 6.45) is 7.46. The van der Waals surface area contributed by atoms with Crippen molar-refractivity contribution in [3.05, 3.63) is 54.5 Å². The Morgan fingerprint density at radius 3 is 2.37 bits per heavy atom. The smallest absolute Gasteiger partial charge is 0.236 e. The number of piperidine rings is 1. The molecule has 1 aromatic heterocycles. The van der Waals surface area contributed by atoms with E-state index in [1.54, 1.807) is 18.6 Å². The SMILES string of the molecule is O=C(CN1CCC(c2ccccc2)CC1)N1CCN(c2cnccn2)CC1. The summed E-state index contributed by atoms with van der Waals surface area (Å²) in [5.41, 5.74) is 1.43. The van der Waals surface area contributed by atoms with Gasteiger partial charge in [-0.2, -0.15) is 0 Å². The Kier molecular flexibility index (Phi) is 5.63. The Morgan fingerprint density at radius 2 is 1.70 bits per heavy atom. The Bertz CT molecular complexity index is 723. The van der Waals surface area contributed by atoms with E-state index in [9.17, 15) is 4.79 Å². The number of amides is 1. The lowest BCUT2D eigenvalue weighted by molar-refractivity contribution is -0.133. The number of benzene rings is 1. The predicted molar refractivity (Wildman–Crippen MR) is 106 cm³/mol. The third kappa shape index (κ3) is 4.45. The first kappa shape index (κ1) is 17.9. The minimum atomic E-state index is 0.256. The Morgan fingerprint density at radius 1 is 0.963 bits per heavy atom. The molecule has 0 radical (unpaired) electrons. The Balaban J connectivity index is 1.22. The van der Waals surface area contributed by atoms with Gasteiger partial charge in [0.1, 0.15) is 5.82 Å². The average molecular weight is 365 g/mol. The molecule has 6 heteroatoms. The van der Waals surface area contributed by atoms with Crippen LogP contribution in [0.3, 0.4) is 0 Å². The molecule has 2 aromatic rings. The number of piperazine rings is 1. The van der Waals surface area contributed by atoms with Crippen LogP contribution in [0.25, 0.3) is 0 Å². The molecule has 2 saturated heterocycles. The number of carbonyl (C=O) groups excluding carboxylic acids is 1. The van der Waals surface area contributed by atoms with Gasteiger partial charge in [0, 0.05) is 38.6 Å². The van der Waals surface area contributed by atoms with Crippen LogP contribution in [-0.4, -0.2) is 71.5 Å². The van der Waals surface area contributed by atoms with Gasteiger partial charge in [0.05, 0.1) is 12.7 Å². The fraction of sp³-hybridized carbons (Fsp3) is 0.476. The van der Waals surface area contributed by atoms with Crippen LogP contribution in [-0.2, 0) is 4.79 Å². The highest BCUT2D eigenvalue weighted by Crippen LogP contribution is 2.27. The zero-order chi connectivity index (χ0) is 18.5. The molecule has 2 fully saturated rings. The molecular formula is C21H27N5O. The second-order valence-electron chi connectivity index (χ2n) is 7.39. The van der Waals surface area contributed by atoms with Gasteiger partial charge in [0.2, 0.25) is 5.91 Å². The molecular weight excluding hydrogens is 338 g/mol. The highest BCUT2D eigenvalue weighted by Gasteiger charge is 2.26. The van der Waals surface area contributed by atoms with Crippen LogP contribution in [0.2, 0.25) is 0 Å². The molecule has 0 spiro atoms. The van der Waals surface area contributed by atoms with Crippen molar-refractivity contribution in [3.8, 4) is 0 Å². The van der Waals surface area contributed by atoms with Crippen LogP contribution < -0.4 is 4.90 Å². The second-order valence-corrected chi connectivity index (χ2v) is 7.39. The van der Waals surface area contributed by atoms with Gasteiger partial charge in [-0.3, -0.25) is 14.7 Å². The van der Waals surface area contributed by atoms with E-state index in [1.165, 1.54) is 5.56 Å². The van der Waals surface area contributed by atoms with Crippen molar-refractivity contribution in [2.45, 2.75) is 18.8 Å². The summed E-state index contributed by atoms with van der Waals surface area (Å²) >= 11 is 0. The number of hydrogen-bond acceptors (Lipinski definition) is 5. The highest BCUT2D eigenvalue weighted by atomic mass is 16.2. The van der Waals surface area contributed by atoms with Crippen molar-refractivity contribution in [2.24, 2.45) is 0 Å². The Hall–Kier alpha value is -2.47. The summed E-state index contributed by atoms with van der Waals surface area (Å²) in [7, 11) is 0. The number of rotatable bonds is 4. The van der Waals surface area contributed by atoms with Gasteiger partial charge in [-0.25, -0.2) is 4.98 Å². The van der Waals surface area contributed by atoms with Gasteiger partial charge in [-0.15, -0.1) is 0 Å². The third-order valence-electron chi connectivity index (χ3n) is 5.72. The van der Waals surface area contributed by atoms with E-state index in [1.807, 2.05) is 4.90 Å². The summed E-state index contributed by atoms with van der Waals surface area (Å²) in [6.45, 7) is 5.72. The van der Waals surface area contributed by atoms with E-state index in [4.69, 9.17) is 0 Å². The van der Waals surface area contributed by atoms with Crippen molar-refractivity contribution in [3.63, 3.8) is 0 Å². The average Bonchev–Trinajstić information content (AvgIpc) is 2.76. The first-order valence-electron chi connectivity index (χ1n) is 9.85. The maximum absolute atomic E-state index is 12.7. The van der Waals surface area contributed by atoms with Crippen LogP contribution in [0.1, 0.15) is 24.3 Å². The van der Waals surface area contributed by atoms with E-state index >= 15 is 0 Å². The largest absolute Gasteiger partial charge is 0.352 e. The molecule has 142 valence electrons. The van der Waals surface area contributed by atoms with E-state index in [0.717, 1.165) is 57.9 Å². The lowest BCUT2D eigenvalue weighted by atomic mass is 9.89. The van der Waals surface area contributed by atoms with Crippen LogP contribution in [0.4, 0.5) is 5.82 Å². The van der Waals surface area contributed by atoms with Crippen LogP contribution in [0.5, 0.6) is 0 Å². The maximum atomic E-state index is 12.7. The lowest BCUT2D eigenvalue weighted by Crippen LogP contribution is -2.52. The zero-order valence-electron chi connectivity index (χ0n) is 15.7. The van der Waals surface area contributed by atoms with E-state index in [-0.39, 0.29) is 5.91 Å². The zero-order valence-corrected chi connectivity index (χ0v) is 15.7. The van der Waals surface area contributed by atoms with Crippen LogP contribution >= 0.6 is 0 Å². The van der Waals surface area contributed by atoms with Crippen molar-refractivity contribution in [1.82, 2.24) is 19.8 Å². The molecule has 3 heterocycles. The second kappa shape index (κ2) is 8.48. The molecule has 0 atom stereocenters. The molecule has 2 aliphatic rings. The molecule has 4 rings (SSSR count). The number of nitrogens with zero attached hydrogens (tertiary/aromatic N) is 5. The highest BCUT2D eigenvalue weighted by molar-refractivity contribution is 5.78. The normalized spacial score (nSPS) is 19.3. The van der Waals surface area contributed by atoms with Crippen molar-refractivity contribution in [2.75, 3.05) is 50.7 Å². The fourth-order valence-electron chi connectivity index (χ4n) is 4.08.